The molecule has 1 aliphatic rings. The van der Waals surface area contributed by atoms with Crippen molar-refractivity contribution in [1.82, 2.24) is 0 Å². The summed E-state index contributed by atoms with van der Waals surface area (Å²) >= 11 is 7.36. The third-order valence-corrected chi connectivity index (χ3v) is 3.53. The third-order valence-electron chi connectivity index (χ3n) is 2.54. The summed E-state index contributed by atoms with van der Waals surface area (Å²) in [5.41, 5.74) is 0.245. The number of nitro benzene ring substituents is 1. The molecule has 17 heavy (non-hydrogen) atoms. The van der Waals surface area contributed by atoms with Crippen molar-refractivity contribution in [2.45, 2.75) is 11.7 Å². The fourth-order valence-electron chi connectivity index (χ4n) is 1.82. The van der Waals surface area contributed by atoms with Gasteiger partial charge in [0.25, 0.3) is 0 Å². The number of carbonyl (C=O) groups excluding carboxylic acids is 1. The molecule has 1 saturated heterocycles. The van der Waals surface area contributed by atoms with Gasteiger partial charge in [-0.2, -0.15) is 12.6 Å². The molecule has 0 spiro atoms. The summed E-state index contributed by atoms with van der Waals surface area (Å²) in [6.07, 6.45) is 0.312. The molecule has 1 aromatic rings. The highest BCUT2D eigenvalue weighted by Gasteiger charge is 2.33. The molecular formula is C10H9BrN2O3S. The summed E-state index contributed by atoms with van der Waals surface area (Å²) in [5.74, 6) is -0.133. The van der Waals surface area contributed by atoms with Gasteiger partial charge in [0.05, 0.1) is 9.40 Å². The minimum atomic E-state index is -0.488. The molecule has 1 fully saturated rings. The highest BCUT2D eigenvalue weighted by Crippen LogP contribution is 2.37. The Morgan fingerprint density at radius 3 is 2.76 bits per heavy atom. The first kappa shape index (κ1) is 12.4. The molecule has 2 rings (SSSR count). The Kier molecular flexibility index (Phi) is 3.39. The molecule has 0 aromatic heterocycles. The third kappa shape index (κ3) is 2.30. The second-order valence-electron chi connectivity index (χ2n) is 3.73. The van der Waals surface area contributed by atoms with Crippen molar-refractivity contribution < 1.29 is 9.72 Å². The summed E-state index contributed by atoms with van der Waals surface area (Å²) in [6, 6.07) is 4.83. The zero-order chi connectivity index (χ0) is 12.6. The van der Waals surface area contributed by atoms with Crippen LogP contribution in [0.15, 0.2) is 22.7 Å². The zero-order valence-electron chi connectivity index (χ0n) is 8.67. The SMILES string of the molecule is O=C1CC(S)CN1c1cccc(Br)c1[N+](=O)[O-]. The molecule has 5 nitrogen and oxygen atoms in total. The molecule has 0 bridgehead atoms. The monoisotopic (exact) mass is 316 g/mol. The summed E-state index contributed by atoms with van der Waals surface area (Å²) in [6.45, 7) is 0.402. The number of amides is 1. The van der Waals surface area contributed by atoms with Gasteiger partial charge in [-0.3, -0.25) is 14.9 Å². The lowest BCUT2D eigenvalue weighted by Crippen LogP contribution is -2.25. The fourth-order valence-corrected chi connectivity index (χ4v) is 2.64. The second-order valence-corrected chi connectivity index (χ2v) is 5.31. The van der Waals surface area contributed by atoms with Gasteiger partial charge < -0.3 is 4.90 Å². The Morgan fingerprint density at radius 1 is 1.53 bits per heavy atom. The molecule has 1 aliphatic heterocycles. The average Bonchev–Trinajstić information content (AvgIpc) is 2.56. The quantitative estimate of drug-likeness (QED) is 0.517. The van der Waals surface area contributed by atoms with E-state index in [9.17, 15) is 14.9 Å². The summed E-state index contributed by atoms with van der Waals surface area (Å²) in [7, 11) is 0. The van der Waals surface area contributed by atoms with E-state index in [1.54, 1.807) is 18.2 Å². The van der Waals surface area contributed by atoms with E-state index in [0.29, 0.717) is 23.1 Å². The number of rotatable bonds is 2. The number of benzene rings is 1. The predicted molar refractivity (Wildman–Crippen MR) is 70.5 cm³/mol. The highest BCUT2D eigenvalue weighted by atomic mass is 79.9. The molecule has 1 heterocycles. The number of hydrogen-bond acceptors (Lipinski definition) is 4. The maximum Gasteiger partial charge on any atom is 0.307 e. The van der Waals surface area contributed by atoms with Crippen LogP contribution in [0.4, 0.5) is 11.4 Å². The smallest absolute Gasteiger partial charge is 0.305 e. The van der Waals surface area contributed by atoms with E-state index in [1.807, 2.05) is 0 Å². The normalized spacial score (nSPS) is 19.8. The average molecular weight is 317 g/mol. The predicted octanol–water partition coefficient (Wildman–Crippen LogP) is 2.39. The minimum Gasteiger partial charge on any atom is -0.305 e. The van der Waals surface area contributed by atoms with Crippen molar-refractivity contribution in [1.29, 1.82) is 0 Å². The number of thiol groups is 1. The first-order valence-electron chi connectivity index (χ1n) is 4.92. The topological polar surface area (TPSA) is 63.5 Å². The van der Waals surface area contributed by atoms with Crippen LogP contribution in [-0.4, -0.2) is 22.6 Å². The Labute approximate surface area is 111 Å². The number of nitrogens with zero attached hydrogens (tertiary/aromatic N) is 2. The summed E-state index contributed by atoms with van der Waals surface area (Å²) in [5, 5.41) is 10.9. The Morgan fingerprint density at radius 2 is 2.24 bits per heavy atom. The van der Waals surface area contributed by atoms with Gasteiger partial charge in [-0.15, -0.1) is 0 Å². The van der Waals surface area contributed by atoms with Crippen molar-refractivity contribution in [2.75, 3.05) is 11.4 Å². The lowest BCUT2D eigenvalue weighted by atomic mass is 10.2. The number of para-hydroxylation sites is 1. The highest BCUT2D eigenvalue weighted by molar-refractivity contribution is 9.10. The largest absolute Gasteiger partial charge is 0.307 e. The van der Waals surface area contributed by atoms with Gasteiger partial charge in [0, 0.05) is 18.2 Å². The van der Waals surface area contributed by atoms with Gasteiger partial charge in [0.2, 0.25) is 5.91 Å². The molecule has 1 atom stereocenters. The number of halogens is 1. The lowest BCUT2D eigenvalue weighted by Gasteiger charge is -2.16. The molecule has 1 amide bonds. The van der Waals surface area contributed by atoms with Crippen molar-refractivity contribution >= 4 is 45.8 Å². The molecule has 0 aliphatic carbocycles. The zero-order valence-corrected chi connectivity index (χ0v) is 11.1. The number of nitro groups is 1. The maximum atomic E-state index is 11.7. The molecule has 0 saturated carbocycles. The Balaban J connectivity index is 2.49. The van der Waals surface area contributed by atoms with Crippen LogP contribution in [0.1, 0.15) is 6.42 Å². The van der Waals surface area contributed by atoms with Gasteiger partial charge in [-0.05, 0) is 28.1 Å². The van der Waals surface area contributed by atoms with Crippen LogP contribution < -0.4 is 4.90 Å². The van der Waals surface area contributed by atoms with Gasteiger partial charge in [-0.25, -0.2) is 0 Å². The fraction of sp³-hybridized carbons (Fsp3) is 0.300. The number of carbonyl (C=O) groups is 1. The van der Waals surface area contributed by atoms with Crippen LogP contribution >= 0.6 is 28.6 Å². The van der Waals surface area contributed by atoms with Crippen LogP contribution in [0.5, 0.6) is 0 Å². The van der Waals surface area contributed by atoms with Crippen LogP contribution in [0.3, 0.4) is 0 Å². The molecule has 0 N–H and O–H groups in total. The van der Waals surface area contributed by atoms with Crippen LogP contribution in [0.2, 0.25) is 0 Å². The van der Waals surface area contributed by atoms with E-state index in [1.165, 1.54) is 4.90 Å². The Hall–Kier alpha value is -1.08. The van der Waals surface area contributed by atoms with Gasteiger partial charge >= 0.3 is 5.69 Å². The standard InChI is InChI=1S/C10H9BrN2O3S/c11-7-2-1-3-8(10(7)13(15)16)12-5-6(17)4-9(12)14/h1-3,6,17H,4-5H2. The molecular weight excluding hydrogens is 308 g/mol. The van der Waals surface area contributed by atoms with E-state index in [4.69, 9.17) is 0 Å². The van der Waals surface area contributed by atoms with Gasteiger partial charge in [0.15, 0.2) is 0 Å². The van der Waals surface area contributed by atoms with Crippen molar-refractivity contribution in [3.8, 4) is 0 Å². The van der Waals surface area contributed by atoms with E-state index >= 15 is 0 Å². The number of hydrogen-bond donors (Lipinski definition) is 1. The molecule has 7 heteroatoms. The maximum absolute atomic E-state index is 11.7. The summed E-state index contributed by atoms with van der Waals surface area (Å²) < 4.78 is 0.371. The summed E-state index contributed by atoms with van der Waals surface area (Å²) in [4.78, 5) is 23.6. The van der Waals surface area contributed by atoms with E-state index in [2.05, 4.69) is 28.6 Å². The van der Waals surface area contributed by atoms with Crippen molar-refractivity contribution in [3.05, 3.63) is 32.8 Å². The molecule has 1 aromatic carbocycles. The van der Waals surface area contributed by atoms with Gasteiger partial charge in [0.1, 0.15) is 5.69 Å². The lowest BCUT2D eigenvalue weighted by molar-refractivity contribution is -0.384. The van der Waals surface area contributed by atoms with Crippen molar-refractivity contribution in [3.63, 3.8) is 0 Å². The van der Waals surface area contributed by atoms with Gasteiger partial charge in [-0.1, -0.05) is 6.07 Å². The van der Waals surface area contributed by atoms with Crippen LogP contribution in [0.25, 0.3) is 0 Å². The van der Waals surface area contributed by atoms with E-state index in [0.717, 1.165) is 0 Å². The molecule has 1 unspecified atom stereocenters. The first-order chi connectivity index (χ1) is 8.00. The van der Waals surface area contributed by atoms with E-state index < -0.39 is 4.92 Å². The van der Waals surface area contributed by atoms with Crippen LogP contribution in [0, 0.1) is 10.1 Å². The minimum absolute atomic E-state index is 0.0684. The molecule has 90 valence electrons. The first-order valence-corrected chi connectivity index (χ1v) is 6.23. The molecule has 0 radical (unpaired) electrons. The number of anilines is 1. The van der Waals surface area contributed by atoms with E-state index in [-0.39, 0.29) is 16.8 Å². The van der Waals surface area contributed by atoms with Crippen LogP contribution in [-0.2, 0) is 4.79 Å². The van der Waals surface area contributed by atoms with Crippen molar-refractivity contribution in [2.24, 2.45) is 0 Å². The Bertz CT molecular complexity index is 494. The second kappa shape index (κ2) is 4.66.